The Balaban J connectivity index is 1.93. The first-order valence-electron chi connectivity index (χ1n) is 6.57. The molecule has 1 fully saturated rings. The largest absolute Gasteiger partial charge is 0.399 e. The van der Waals surface area contributed by atoms with Gasteiger partial charge >= 0.3 is 0 Å². The van der Waals surface area contributed by atoms with E-state index in [0.29, 0.717) is 12.2 Å². The van der Waals surface area contributed by atoms with E-state index >= 15 is 0 Å². The lowest BCUT2D eigenvalue weighted by molar-refractivity contribution is -0.125. The molecule has 3 N–H and O–H groups in total. The normalized spacial score (nSPS) is 20.9. The molecule has 1 heterocycles. The molecule has 0 radical (unpaired) electrons. The second kappa shape index (κ2) is 5.89. The first-order valence-corrected chi connectivity index (χ1v) is 6.57. The van der Waals surface area contributed by atoms with Gasteiger partial charge in [-0.3, -0.25) is 4.79 Å². The van der Waals surface area contributed by atoms with E-state index in [0.717, 1.165) is 18.5 Å². The number of rotatable bonds is 3. The van der Waals surface area contributed by atoms with Gasteiger partial charge in [0.05, 0.1) is 6.10 Å². The van der Waals surface area contributed by atoms with E-state index in [2.05, 4.69) is 0 Å². The monoisotopic (exact) mass is 260 g/mol. The predicted octanol–water partition coefficient (Wildman–Crippen LogP) is 1.51. The summed E-state index contributed by atoms with van der Waals surface area (Å²) in [4.78, 5) is 13.8. The number of benzene rings is 1. The average Bonchev–Trinajstić information content (AvgIpc) is 2.87. The molecule has 102 valence electrons. The highest BCUT2D eigenvalue weighted by Gasteiger charge is 2.27. The van der Waals surface area contributed by atoms with Crippen molar-refractivity contribution >= 4 is 17.7 Å². The number of aliphatic hydroxyl groups is 1. The lowest BCUT2D eigenvalue weighted by Gasteiger charge is -2.15. The third kappa shape index (κ3) is 3.58. The van der Waals surface area contributed by atoms with E-state index in [4.69, 9.17) is 5.73 Å². The Hall–Kier alpha value is -1.81. The molecule has 0 saturated carbocycles. The molecule has 1 aromatic carbocycles. The molecule has 0 aromatic heterocycles. The zero-order valence-electron chi connectivity index (χ0n) is 11.1. The molecule has 19 heavy (non-hydrogen) atoms. The summed E-state index contributed by atoms with van der Waals surface area (Å²) in [5.74, 6) is 0.203. The van der Waals surface area contributed by atoms with E-state index in [1.807, 2.05) is 24.3 Å². The molecule has 2 atom stereocenters. The summed E-state index contributed by atoms with van der Waals surface area (Å²) in [5.41, 5.74) is 7.27. The Kier molecular flexibility index (Phi) is 4.22. The van der Waals surface area contributed by atoms with Gasteiger partial charge in [0.25, 0.3) is 0 Å². The quantitative estimate of drug-likeness (QED) is 0.639. The van der Waals surface area contributed by atoms with Gasteiger partial charge in [0.1, 0.15) is 0 Å². The van der Waals surface area contributed by atoms with Crippen molar-refractivity contribution in [2.75, 3.05) is 18.8 Å². The van der Waals surface area contributed by atoms with Crippen LogP contribution in [0.5, 0.6) is 0 Å². The fourth-order valence-electron chi connectivity index (χ4n) is 2.26. The number of aliphatic hydroxyl groups excluding tert-OH is 1. The third-order valence-electron chi connectivity index (χ3n) is 3.57. The average molecular weight is 260 g/mol. The van der Waals surface area contributed by atoms with Crippen molar-refractivity contribution in [1.82, 2.24) is 4.90 Å². The minimum Gasteiger partial charge on any atom is -0.399 e. The molecule has 2 rings (SSSR count). The third-order valence-corrected chi connectivity index (χ3v) is 3.57. The summed E-state index contributed by atoms with van der Waals surface area (Å²) in [6.45, 7) is 3.14. The maximum atomic E-state index is 12.0. The number of likely N-dealkylation sites (tertiary alicyclic amines) is 1. The summed E-state index contributed by atoms with van der Waals surface area (Å²) in [7, 11) is 0. The first-order chi connectivity index (χ1) is 9.06. The van der Waals surface area contributed by atoms with Gasteiger partial charge < -0.3 is 15.7 Å². The Bertz CT molecular complexity index is 466. The van der Waals surface area contributed by atoms with Crippen molar-refractivity contribution < 1.29 is 9.90 Å². The number of hydrogen-bond acceptors (Lipinski definition) is 3. The molecule has 4 heteroatoms. The van der Waals surface area contributed by atoms with Crippen LogP contribution in [0.4, 0.5) is 5.69 Å². The van der Waals surface area contributed by atoms with E-state index in [1.165, 1.54) is 0 Å². The summed E-state index contributed by atoms with van der Waals surface area (Å²) < 4.78 is 0. The molecule has 2 unspecified atom stereocenters. The van der Waals surface area contributed by atoms with Gasteiger partial charge in [-0.1, -0.05) is 12.1 Å². The van der Waals surface area contributed by atoms with Crippen LogP contribution in [0.15, 0.2) is 30.3 Å². The van der Waals surface area contributed by atoms with Gasteiger partial charge in [0, 0.05) is 30.8 Å². The molecule has 1 amide bonds. The Morgan fingerprint density at radius 1 is 1.47 bits per heavy atom. The van der Waals surface area contributed by atoms with E-state index < -0.39 is 0 Å². The number of carbonyl (C=O) groups is 1. The number of nitrogen functional groups attached to an aromatic ring is 1. The SMILES string of the molecule is CC(O)C1CCN(C(=O)/C=C/c2ccc(N)cc2)C1. The minimum atomic E-state index is -0.348. The van der Waals surface area contributed by atoms with E-state index in [1.54, 1.807) is 24.0 Å². The Morgan fingerprint density at radius 2 is 2.16 bits per heavy atom. The van der Waals surface area contributed by atoms with Crippen molar-refractivity contribution in [3.63, 3.8) is 0 Å². The highest BCUT2D eigenvalue weighted by atomic mass is 16.3. The number of carbonyl (C=O) groups excluding carboxylic acids is 1. The van der Waals surface area contributed by atoms with Gasteiger partial charge in [-0.25, -0.2) is 0 Å². The van der Waals surface area contributed by atoms with Crippen LogP contribution in [0.1, 0.15) is 18.9 Å². The molecule has 0 bridgehead atoms. The molecule has 0 spiro atoms. The summed E-state index contributed by atoms with van der Waals surface area (Å²) in [6.07, 6.45) is 3.89. The van der Waals surface area contributed by atoms with Gasteiger partial charge in [-0.15, -0.1) is 0 Å². The molecular formula is C15H20N2O2. The Morgan fingerprint density at radius 3 is 2.74 bits per heavy atom. The van der Waals surface area contributed by atoms with Crippen molar-refractivity contribution in [1.29, 1.82) is 0 Å². The van der Waals surface area contributed by atoms with Crippen LogP contribution in [0.2, 0.25) is 0 Å². The number of nitrogens with zero attached hydrogens (tertiary/aromatic N) is 1. The van der Waals surface area contributed by atoms with Gasteiger partial charge in [-0.05, 0) is 37.1 Å². The molecule has 1 saturated heterocycles. The fraction of sp³-hybridized carbons (Fsp3) is 0.400. The molecule has 4 nitrogen and oxygen atoms in total. The topological polar surface area (TPSA) is 66.6 Å². The van der Waals surface area contributed by atoms with Crippen LogP contribution in [0.25, 0.3) is 6.08 Å². The van der Waals surface area contributed by atoms with E-state index in [9.17, 15) is 9.90 Å². The zero-order valence-corrected chi connectivity index (χ0v) is 11.1. The maximum absolute atomic E-state index is 12.0. The standard InChI is InChI=1S/C15H20N2O2/c1-11(18)13-8-9-17(10-13)15(19)7-4-12-2-5-14(16)6-3-12/h2-7,11,13,18H,8-10,16H2,1H3/b7-4+. The van der Waals surface area contributed by atoms with Crippen molar-refractivity contribution in [2.24, 2.45) is 5.92 Å². The summed E-state index contributed by atoms with van der Waals surface area (Å²) in [5, 5.41) is 9.52. The van der Waals surface area contributed by atoms with Crippen LogP contribution in [-0.4, -0.2) is 35.1 Å². The highest BCUT2D eigenvalue weighted by Crippen LogP contribution is 2.20. The fourth-order valence-corrected chi connectivity index (χ4v) is 2.26. The molecule has 0 aliphatic carbocycles. The molecule has 1 aliphatic heterocycles. The van der Waals surface area contributed by atoms with Crippen molar-refractivity contribution in [3.05, 3.63) is 35.9 Å². The zero-order chi connectivity index (χ0) is 13.8. The second-order valence-corrected chi connectivity index (χ2v) is 5.07. The highest BCUT2D eigenvalue weighted by molar-refractivity contribution is 5.92. The van der Waals surface area contributed by atoms with Crippen molar-refractivity contribution in [3.8, 4) is 0 Å². The number of anilines is 1. The van der Waals surface area contributed by atoms with Gasteiger partial charge in [-0.2, -0.15) is 0 Å². The molecular weight excluding hydrogens is 240 g/mol. The van der Waals surface area contributed by atoms with Crippen LogP contribution in [0.3, 0.4) is 0 Å². The first kappa shape index (κ1) is 13.6. The van der Waals surface area contributed by atoms with Crippen molar-refractivity contribution in [2.45, 2.75) is 19.4 Å². The summed E-state index contributed by atoms with van der Waals surface area (Å²) in [6, 6.07) is 7.37. The van der Waals surface area contributed by atoms with Crippen LogP contribution in [-0.2, 0) is 4.79 Å². The van der Waals surface area contributed by atoms with Crippen LogP contribution < -0.4 is 5.73 Å². The Labute approximate surface area is 113 Å². The number of nitrogens with two attached hydrogens (primary N) is 1. The van der Waals surface area contributed by atoms with Gasteiger partial charge in [0.2, 0.25) is 5.91 Å². The maximum Gasteiger partial charge on any atom is 0.246 e. The van der Waals surface area contributed by atoms with Crippen LogP contribution in [0, 0.1) is 5.92 Å². The lowest BCUT2D eigenvalue weighted by Crippen LogP contribution is -2.28. The lowest BCUT2D eigenvalue weighted by atomic mass is 10.0. The van der Waals surface area contributed by atoms with Crippen LogP contribution >= 0.6 is 0 Å². The predicted molar refractivity (Wildman–Crippen MR) is 76.3 cm³/mol. The number of hydrogen-bond donors (Lipinski definition) is 2. The summed E-state index contributed by atoms with van der Waals surface area (Å²) >= 11 is 0. The molecule has 1 aliphatic rings. The smallest absolute Gasteiger partial charge is 0.246 e. The molecule has 1 aromatic rings. The number of amides is 1. The second-order valence-electron chi connectivity index (χ2n) is 5.07. The van der Waals surface area contributed by atoms with E-state index in [-0.39, 0.29) is 17.9 Å². The minimum absolute atomic E-state index is 0.0000231. The van der Waals surface area contributed by atoms with Gasteiger partial charge in [0.15, 0.2) is 0 Å².